The van der Waals surface area contributed by atoms with Crippen molar-refractivity contribution < 1.29 is 14.1 Å². The van der Waals surface area contributed by atoms with E-state index >= 15 is 0 Å². The summed E-state index contributed by atoms with van der Waals surface area (Å²) in [5.74, 6) is -1.79. The van der Waals surface area contributed by atoms with E-state index in [4.69, 9.17) is 23.2 Å². The maximum Gasteiger partial charge on any atom is 0.334 e. The normalized spacial score (nSPS) is 19.5. The Hall–Kier alpha value is -1.30. The van der Waals surface area contributed by atoms with Crippen LogP contribution in [0.4, 0.5) is 0 Å². The highest BCUT2D eigenvalue weighted by Gasteiger charge is 2.37. The fourth-order valence-corrected chi connectivity index (χ4v) is 4.57. The summed E-state index contributed by atoms with van der Waals surface area (Å²) >= 11 is 12.5. The summed E-state index contributed by atoms with van der Waals surface area (Å²) in [6, 6.07) is 5.08. The summed E-state index contributed by atoms with van der Waals surface area (Å²) in [5, 5.41) is 13.2. The molecule has 130 valence electrons. The van der Waals surface area contributed by atoms with Gasteiger partial charge in [-0.1, -0.05) is 49.2 Å². The molecule has 0 aromatic heterocycles. The maximum absolute atomic E-state index is 12.9. The number of aliphatic carboxylic acids is 1. The number of carboxylic acids is 1. The van der Waals surface area contributed by atoms with Crippen molar-refractivity contribution in [2.45, 2.75) is 38.9 Å². The van der Waals surface area contributed by atoms with Gasteiger partial charge in [-0.2, -0.15) is 0 Å². The minimum Gasteiger partial charge on any atom is -0.478 e. The molecule has 0 aliphatic carbocycles. The quantitative estimate of drug-likeness (QED) is 0.801. The Morgan fingerprint density at radius 2 is 1.88 bits per heavy atom. The van der Waals surface area contributed by atoms with Gasteiger partial charge in [0, 0.05) is 21.5 Å². The molecule has 0 spiro atoms. The second-order valence-corrected chi connectivity index (χ2v) is 8.64. The lowest BCUT2D eigenvalue weighted by atomic mass is 9.86. The lowest BCUT2D eigenvalue weighted by Gasteiger charge is -2.31. The summed E-state index contributed by atoms with van der Waals surface area (Å²) < 4.78 is 12.9. The predicted molar refractivity (Wildman–Crippen MR) is 98.7 cm³/mol. The van der Waals surface area contributed by atoms with Gasteiger partial charge in [0.1, 0.15) is 0 Å². The molecule has 24 heavy (non-hydrogen) atoms. The molecule has 2 unspecified atom stereocenters. The zero-order valence-corrected chi connectivity index (χ0v) is 16.1. The van der Waals surface area contributed by atoms with Gasteiger partial charge in [-0.25, -0.2) is 4.79 Å². The Morgan fingerprint density at radius 1 is 1.25 bits per heavy atom. The molecule has 0 fully saturated rings. The molecule has 2 rings (SSSR count). The van der Waals surface area contributed by atoms with Crippen LogP contribution < -0.4 is 5.32 Å². The van der Waals surface area contributed by atoms with Crippen LogP contribution in [-0.4, -0.2) is 20.5 Å². The average Bonchev–Trinajstić information content (AvgIpc) is 2.48. The van der Waals surface area contributed by atoms with Crippen LogP contribution in [-0.2, 0) is 15.6 Å². The predicted octanol–water partition coefficient (Wildman–Crippen LogP) is 4.43. The number of allylic oxidation sites excluding steroid dienone is 3. The molecule has 0 bridgehead atoms. The summed E-state index contributed by atoms with van der Waals surface area (Å²) in [7, 11) is -1.37. The van der Waals surface area contributed by atoms with Crippen LogP contribution in [0.5, 0.6) is 0 Å². The van der Waals surface area contributed by atoms with E-state index in [0.717, 1.165) is 0 Å². The molecule has 1 aliphatic heterocycles. The molecule has 1 aliphatic rings. The van der Waals surface area contributed by atoms with Crippen molar-refractivity contribution in [2.24, 2.45) is 0 Å². The summed E-state index contributed by atoms with van der Waals surface area (Å²) in [6.07, 6.45) is 0. The van der Waals surface area contributed by atoms with Crippen molar-refractivity contribution in [3.05, 3.63) is 55.7 Å². The van der Waals surface area contributed by atoms with Crippen molar-refractivity contribution in [1.82, 2.24) is 5.32 Å². The second kappa shape index (κ2) is 7.30. The Balaban J connectivity index is 2.78. The number of carbonyl (C=O) groups is 1. The van der Waals surface area contributed by atoms with Crippen molar-refractivity contribution in [2.75, 3.05) is 0 Å². The number of halogens is 2. The van der Waals surface area contributed by atoms with E-state index in [1.807, 2.05) is 13.8 Å². The molecule has 2 atom stereocenters. The lowest BCUT2D eigenvalue weighted by molar-refractivity contribution is -0.133. The fraction of sp³-hybridized carbons (Fsp3) is 0.353. The third kappa shape index (κ3) is 3.39. The smallest absolute Gasteiger partial charge is 0.334 e. The first-order valence-electron chi connectivity index (χ1n) is 7.43. The third-order valence-electron chi connectivity index (χ3n) is 3.87. The van der Waals surface area contributed by atoms with E-state index < -0.39 is 22.7 Å². The zero-order valence-electron chi connectivity index (χ0n) is 13.8. The van der Waals surface area contributed by atoms with E-state index in [1.165, 1.54) is 0 Å². The van der Waals surface area contributed by atoms with Crippen LogP contribution in [0.1, 0.15) is 39.2 Å². The topological polar surface area (TPSA) is 66.4 Å². The van der Waals surface area contributed by atoms with Crippen molar-refractivity contribution in [3.8, 4) is 0 Å². The molecule has 0 saturated carbocycles. The summed E-state index contributed by atoms with van der Waals surface area (Å²) in [6.45, 7) is 7.15. The maximum atomic E-state index is 12.9. The van der Waals surface area contributed by atoms with Gasteiger partial charge >= 0.3 is 5.97 Å². The first-order valence-corrected chi connectivity index (χ1v) is 9.40. The van der Waals surface area contributed by atoms with Gasteiger partial charge in [-0.05, 0) is 25.5 Å². The van der Waals surface area contributed by atoms with E-state index in [9.17, 15) is 14.1 Å². The van der Waals surface area contributed by atoms with Gasteiger partial charge in [0.2, 0.25) is 0 Å². The zero-order chi connectivity index (χ0) is 18.2. The van der Waals surface area contributed by atoms with Crippen LogP contribution in [0.3, 0.4) is 0 Å². The van der Waals surface area contributed by atoms with E-state index in [-0.39, 0.29) is 15.8 Å². The first kappa shape index (κ1) is 19.0. The van der Waals surface area contributed by atoms with Crippen LogP contribution in [0.15, 0.2) is 40.1 Å². The van der Waals surface area contributed by atoms with Crippen molar-refractivity contribution in [1.29, 1.82) is 0 Å². The molecule has 0 saturated heterocycles. The highest BCUT2D eigenvalue weighted by atomic mass is 35.5. The van der Waals surface area contributed by atoms with Gasteiger partial charge < -0.3 is 10.4 Å². The second-order valence-electron chi connectivity index (χ2n) is 5.88. The molecular weight excluding hydrogens is 369 g/mol. The Labute approximate surface area is 154 Å². The van der Waals surface area contributed by atoms with Gasteiger partial charge in [-0.15, -0.1) is 0 Å². The number of nitrogens with one attached hydrogen (secondary N) is 1. The van der Waals surface area contributed by atoms with Gasteiger partial charge in [0.25, 0.3) is 0 Å². The highest BCUT2D eigenvalue weighted by Crippen LogP contribution is 2.44. The van der Waals surface area contributed by atoms with Gasteiger partial charge in [0.05, 0.1) is 32.3 Å². The molecule has 4 nitrogen and oxygen atoms in total. The standard InChI is InChI=1S/C17H19Cl2NO3S/c1-8(2)24(23)16-10(4)20-9(3)13(17(21)22)14(16)11-6-5-7-12(18)15(11)19/h5-8,14,20H,1-4H3,(H,21,22). The average molecular weight is 388 g/mol. The Morgan fingerprint density at radius 3 is 2.42 bits per heavy atom. The number of hydrogen-bond donors (Lipinski definition) is 2. The lowest BCUT2D eigenvalue weighted by Crippen LogP contribution is -2.31. The molecule has 0 radical (unpaired) electrons. The first-order chi connectivity index (χ1) is 11.2. The van der Waals surface area contributed by atoms with E-state index in [0.29, 0.717) is 26.9 Å². The van der Waals surface area contributed by atoms with Gasteiger partial charge in [0.15, 0.2) is 0 Å². The number of rotatable bonds is 4. The SMILES string of the molecule is CC1=C(C(=O)O)C(c2cccc(Cl)c2Cl)C(S(=O)C(C)C)=C(C)N1. The number of dihydropyridines is 1. The minimum absolute atomic E-state index is 0.133. The summed E-state index contributed by atoms with van der Waals surface area (Å²) in [5.41, 5.74) is 1.87. The Bertz CT molecular complexity index is 784. The fourth-order valence-electron chi connectivity index (χ4n) is 2.82. The van der Waals surface area contributed by atoms with Crippen LogP contribution in [0, 0.1) is 0 Å². The molecule has 7 heteroatoms. The van der Waals surface area contributed by atoms with Crippen LogP contribution in [0.25, 0.3) is 0 Å². The molecule has 1 aromatic rings. The number of carboxylic acid groups (broad SMARTS) is 1. The molecule has 1 aromatic carbocycles. The molecule has 1 heterocycles. The highest BCUT2D eigenvalue weighted by molar-refractivity contribution is 7.89. The number of benzene rings is 1. The number of hydrogen-bond acceptors (Lipinski definition) is 3. The van der Waals surface area contributed by atoms with Crippen LogP contribution >= 0.6 is 23.2 Å². The van der Waals surface area contributed by atoms with E-state index in [2.05, 4.69) is 5.32 Å². The van der Waals surface area contributed by atoms with Crippen LogP contribution in [0.2, 0.25) is 10.0 Å². The summed E-state index contributed by atoms with van der Waals surface area (Å²) in [4.78, 5) is 12.4. The largest absolute Gasteiger partial charge is 0.478 e. The Kier molecular flexibility index (Phi) is 5.78. The monoisotopic (exact) mass is 387 g/mol. The minimum atomic E-state index is -1.37. The third-order valence-corrected chi connectivity index (χ3v) is 6.53. The molecular formula is C17H19Cl2NO3S. The van der Waals surface area contributed by atoms with Gasteiger partial charge in [-0.3, -0.25) is 4.21 Å². The molecule has 2 N–H and O–H groups in total. The molecule has 0 amide bonds. The van der Waals surface area contributed by atoms with Crippen molar-refractivity contribution >= 4 is 40.0 Å². The van der Waals surface area contributed by atoms with E-state index in [1.54, 1.807) is 32.0 Å². The van der Waals surface area contributed by atoms with Crippen molar-refractivity contribution in [3.63, 3.8) is 0 Å².